The molecule has 0 saturated carbocycles. The van der Waals surface area contributed by atoms with Crippen LogP contribution in [0.15, 0.2) is 18.2 Å². The lowest BCUT2D eigenvalue weighted by Gasteiger charge is -2.45. The molecule has 3 atom stereocenters. The first kappa shape index (κ1) is 11.4. The first-order valence-electron chi connectivity index (χ1n) is 6.06. The summed E-state index contributed by atoms with van der Waals surface area (Å²) in [6.07, 6.45) is 1.01. The van der Waals surface area contributed by atoms with E-state index in [1.807, 2.05) is 6.07 Å². The highest BCUT2D eigenvalue weighted by molar-refractivity contribution is 5.58. The zero-order chi connectivity index (χ0) is 11.9. The number of nitrogens with one attached hydrogen (secondary N) is 1. The van der Waals surface area contributed by atoms with Crippen LogP contribution in [0.3, 0.4) is 0 Å². The number of fused-ring (bicyclic) bond motifs is 1. The van der Waals surface area contributed by atoms with E-state index >= 15 is 0 Å². The van der Waals surface area contributed by atoms with Gasteiger partial charge in [-0.15, -0.1) is 0 Å². The molecule has 1 aromatic carbocycles. The minimum absolute atomic E-state index is 0.00535. The van der Waals surface area contributed by atoms with E-state index in [0.717, 1.165) is 12.0 Å². The van der Waals surface area contributed by atoms with Gasteiger partial charge < -0.3 is 5.32 Å². The smallest absolute Gasteiger partial charge is 0.146 e. The lowest BCUT2D eigenvalue weighted by molar-refractivity contribution is 0.282. The van der Waals surface area contributed by atoms with Crippen molar-refractivity contribution in [3.63, 3.8) is 0 Å². The fraction of sp³-hybridized carbons (Fsp3) is 0.571. The zero-order valence-corrected chi connectivity index (χ0v) is 10.5. The SMILES string of the molecule is CCC1(C)Nc2c(F)cccc2C(C)C1C. The van der Waals surface area contributed by atoms with Crippen molar-refractivity contribution in [3.05, 3.63) is 29.6 Å². The quantitative estimate of drug-likeness (QED) is 0.750. The Morgan fingerprint density at radius 3 is 2.69 bits per heavy atom. The third-order valence-corrected chi connectivity index (χ3v) is 4.44. The lowest BCUT2D eigenvalue weighted by atomic mass is 9.71. The molecule has 16 heavy (non-hydrogen) atoms. The van der Waals surface area contributed by atoms with Gasteiger partial charge in [0.15, 0.2) is 0 Å². The molecule has 0 saturated heterocycles. The molecule has 0 spiro atoms. The minimum atomic E-state index is -0.129. The summed E-state index contributed by atoms with van der Waals surface area (Å²) in [5.41, 5.74) is 1.81. The molecule has 1 aliphatic rings. The summed E-state index contributed by atoms with van der Waals surface area (Å²) >= 11 is 0. The highest BCUT2D eigenvalue weighted by Crippen LogP contribution is 2.44. The van der Waals surface area contributed by atoms with Crippen LogP contribution in [0.1, 0.15) is 45.6 Å². The van der Waals surface area contributed by atoms with E-state index in [4.69, 9.17) is 0 Å². The first-order chi connectivity index (χ1) is 7.49. The van der Waals surface area contributed by atoms with Gasteiger partial charge in [-0.25, -0.2) is 4.39 Å². The van der Waals surface area contributed by atoms with Crippen LogP contribution in [0.25, 0.3) is 0 Å². The van der Waals surface area contributed by atoms with Crippen molar-refractivity contribution in [1.29, 1.82) is 0 Å². The molecule has 3 unspecified atom stereocenters. The van der Waals surface area contributed by atoms with E-state index < -0.39 is 0 Å². The van der Waals surface area contributed by atoms with Gasteiger partial charge in [0, 0.05) is 5.54 Å². The maximum atomic E-state index is 13.8. The Morgan fingerprint density at radius 2 is 2.06 bits per heavy atom. The summed E-state index contributed by atoms with van der Waals surface area (Å²) in [4.78, 5) is 0. The van der Waals surface area contributed by atoms with Crippen molar-refractivity contribution >= 4 is 5.69 Å². The lowest BCUT2D eigenvalue weighted by Crippen LogP contribution is -2.46. The fourth-order valence-electron chi connectivity index (χ4n) is 2.68. The van der Waals surface area contributed by atoms with E-state index in [0.29, 0.717) is 17.5 Å². The molecule has 1 heterocycles. The molecular formula is C14H20FN. The van der Waals surface area contributed by atoms with Crippen LogP contribution in [0.4, 0.5) is 10.1 Å². The van der Waals surface area contributed by atoms with Crippen LogP contribution in [0.5, 0.6) is 0 Å². The van der Waals surface area contributed by atoms with E-state index in [-0.39, 0.29) is 11.4 Å². The Hall–Kier alpha value is -1.05. The van der Waals surface area contributed by atoms with Gasteiger partial charge in [0.25, 0.3) is 0 Å². The molecule has 0 radical (unpaired) electrons. The standard InChI is InChI=1S/C14H20FN/c1-5-14(4)10(3)9(2)11-7-6-8-12(15)13(11)16-14/h6-10,16H,5H2,1-4H3. The number of anilines is 1. The highest BCUT2D eigenvalue weighted by atomic mass is 19.1. The van der Waals surface area contributed by atoms with Crippen molar-refractivity contribution in [1.82, 2.24) is 0 Å². The predicted molar refractivity (Wildman–Crippen MR) is 66.3 cm³/mol. The van der Waals surface area contributed by atoms with Gasteiger partial charge in [-0.1, -0.05) is 32.9 Å². The number of hydrogen-bond donors (Lipinski definition) is 1. The molecule has 1 aromatic rings. The monoisotopic (exact) mass is 221 g/mol. The van der Waals surface area contributed by atoms with Crippen LogP contribution < -0.4 is 5.32 Å². The average molecular weight is 221 g/mol. The molecule has 2 heteroatoms. The Morgan fingerprint density at radius 1 is 1.38 bits per heavy atom. The van der Waals surface area contributed by atoms with Gasteiger partial charge >= 0.3 is 0 Å². The van der Waals surface area contributed by atoms with Crippen molar-refractivity contribution < 1.29 is 4.39 Å². The predicted octanol–water partition coefficient (Wildman–Crippen LogP) is 4.16. The Bertz CT molecular complexity index is 402. The van der Waals surface area contributed by atoms with Gasteiger partial charge in [0.1, 0.15) is 5.82 Å². The number of rotatable bonds is 1. The molecule has 0 aromatic heterocycles. The first-order valence-corrected chi connectivity index (χ1v) is 6.06. The van der Waals surface area contributed by atoms with Gasteiger partial charge in [0.05, 0.1) is 5.69 Å². The van der Waals surface area contributed by atoms with E-state index in [9.17, 15) is 4.39 Å². The second-order valence-corrected chi connectivity index (χ2v) is 5.18. The summed E-state index contributed by atoms with van der Waals surface area (Å²) < 4.78 is 13.8. The summed E-state index contributed by atoms with van der Waals surface area (Å²) in [6, 6.07) is 5.36. The summed E-state index contributed by atoms with van der Waals surface area (Å²) in [7, 11) is 0. The number of benzene rings is 1. The molecule has 0 aliphatic carbocycles. The molecule has 0 fully saturated rings. The molecule has 1 N–H and O–H groups in total. The summed E-state index contributed by atoms with van der Waals surface area (Å²) in [5, 5.41) is 3.40. The molecule has 1 nitrogen and oxygen atoms in total. The fourth-order valence-corrected chi connectivity index (χ4v) is 2.68. The topological polar surface area (TPSA) is 12.0 Å². The van der Waals surface area contributed by atoms with Gasteiger partial charge in [-0.05, 0) is 36.8 Å². The Balaban J connectivity index is 2.53. The zero-order valence-electron chi connectivity index (χ0n) is 10.5. The van der Waals surface area contributed by atoms with Gasteiger partial charge in [0.2, 0.25) is 0 Å². The van der Waals surface area contributed by atoms with E-state index in [2.05, 4.69) is 33.0 Å². The van der Waals surface area contributed by atoms with Crippen LogP contribution in [-0.4, -0.2) is 5.54 Å². The highest BCUT2D eigenvalue weighted by Gasteiger charge is 2.39. The third-order valence-electron chi connectivity index (χ3n) is 4.44. The van der Waals surface area contributed by atoms with Crippen LogP contribution >= 0.6 is 0 Å². The van der Waals surface area contributed by atoms with E-state index in [1.165, 1.54) is 6.07 Å². The van der Waals surface area contributed by atoms with Crippen LogP contribution in [-0.2, 0) is 0 Å². The Kier molecular flexibility index (Phi) is 2.69. The van der Waals surface area contributed by atoms with E-state index in [1.54, 1.807) is 6.07 Å². The van der Waals surface area contributed by atoms with Gasteiger partial charge in [-0.2, -0.15) is 0 Å². The summed E-state index contributed by atoms with van der Waals surface area (Å²) in [5.74, 6) is 0.777. The normalized spacial score (nSPS) is 33.1. The van der Waals surface area contributed by atoms with Crippen LogP contribution in [0.2, 0.25) is 0 Å². The molecule has 1 aliphatic heterocycles. The molecule has 88 valence electrons. The average Bonchev–Trinajstić information content (AvgIpc) is 2.28. The van der Waals surface area contributed by atoms with Crippen molar-refractivity contribution in [3.8, 4) is 0 Å². The molecule has 0 bridgehead atoms. The van der Waals surface area contributed by atoms with Gasteiger partial charge in [-0.3, -0.25) is 0 Å². The number of halogens is 1. The molecule has 2 rings (SSSR count). The van der Waals surface area contributed by atoms with Crippen molar-refractivity contribution in [2.75, 3.05) is 5.32 Å². The Labute approximate surface area is 97.1 Å². The largest absolute Gasteiger partial charge is 0.377 e. The minimum Gasteiger partial charge on any atom is -0.377 e. The third kappa shape index (κ3) is 1.51. The summed E-state index contributed by atoms with van der Waals surface area (Å²) in [6.45, 7) is 8.78. The second kappa shape index (κ2) is 3.76. The molecular weight excluding hydrogens is 201 g/mol. The molecule has 0 amide bonds. The van der Waals surface area contributed by atoms with Crippen LogP contribution in [0, 0.1) is 11.7 Å². The maximum Gasteiger partial charge on any atom is 0.146 e. The number of hydrogen-bond acceptors (Lipinski definition) is 1. The second-order valence-electron chi connectivity index (χ2n) is 5.18. The van der Waals surface area contributed by atoms with Crippen molar-refractivity contribution in [2.45, 2.75) is 45.6 Å². The number of para-hydroxylation sites is 1. The van der Waals surface area contributed by atoms with Crippen molar-refractivity contribution in [2.24, 2.45) is 5.92 Å². The maximum absolute atomic E-state index is 13.8.